The largest absolute Gasteiger partial charge is 0.493 e. The molecule has 8 nitrogen and oxygen atoms in total. The van der Waals surface area contributed by atoms with E-state index in [2.05, 4.69) is 4.90 Å². The van der Waals surface area contributed by atoms with Crippen LogP contribution in [0.1, 0.15) is 44.8 Å². The Bertz CT molecular complexity index is 1070. The topological polar surface area (TPSA) is 92.5 Å². The van der Waals surface area contributed by atoms with Gasteiger partial charge < -0.3 is 29.4 Å². The van der Waals surface area contributed by atoms with Crippen LogP contribution in [0.2, 0.25) is 0 Å². The quantitative estimate of drug-likeness (QED) is 0.608. The Morgan fingerprint density at radius 2 is 1.93 bits per heavy atom. The highest BCUT2D eigenvalue weighted by atomic mass is 16.7. The van der Waals surface area contributed by atoms with Gasteiger partial charge in [-0.3, -0.25) is 4.90 Å². The standard InChI is InChI=1S/C22H24N2O6/c1-10-14-11(16(23)21-18(10)28-9-29-21)7-8-24(2)17(14)19-12-5-6-13(26-3)20(27-4)15(12)22(25)30-19/h5-6,17,19H,7-9,23H2,1-4H3/t17-,19+/m1/s1. The van der Waals surface area contributed by atoms with Gasteiger partial charge in [0.25, 0.3) is 0 Å². The molecule has 3 aliphatic rings. The molecule has 2 atom stereocenters. The van der Waals surface area contributed by atoms with Gasteiger partial charge in [0, 0.05) is 17.7 Å². The fourth-order valence-corrected chi connectivity index (χ4v) is 4.95. The van der Waals surface area contributed by atoms with Crippen LogP contribution in [0.5, 0.6) is 23.0 Å². The summed E-state index contributed by atoms with van der Waals surface area (Å²) in [5.74, 6) is 1.75. The monoisotopic (exact) mass is 412 g/mol. The molecular weight excluding hydrogens is 388 g/mol. The van der Waals surface area contributed by atoms with Crippen LogP contribution in [-0.2, 0) is 11.2 Å². The molecule has 3 aliphatic heterocycles. The molecule has 0 fully saturated rings. The molecular formula is C22H24N2O6. The summed E-state index contributed by atoms with van der Waals surface area (Å²) in [5, 5.41) is 0. The highest BCUT2D eigenvalue weighted by molar-refractivity contribution is 5.98. The average Bonchev–Trinajstić information content (AvgIpc) is 3.36. The highest BCUT2D eigenvalue weighted by Crippen LogP contribution is 2.54. The van der Waals surface area contributed by atoms with Crippen molar-refractivity contribution in [2.24, 2.45) is 0 Å². The molecule has 0 aliphatic carbocycles. The van der Waals surface area contributed by atoms with Gasteiger partial charge in [-0.15, -0.1) is 0 Å². The maximum absolute atomic E-state index is 12.9. The second-order valence-corrected chi connectivity index (χ2v) is 7.76. The molecule has 5 rings (SSSR count). The van der Waals surface area contributed by atoms with Gasteiger partial charge in [0.2, 0.25) is 6.79 Å². The first kappa shape index (κ1) is 18.9. The zero-order chi connectivity index (χ0) is 21.2. The number of hydrogen-bond acceptors (Lipinski definition) is 8. The lowest BCUT2D eigenvalue weighted by atomic mass is 9.82. The Kier molecular flexibility index (Phi) is 4.21. The maximum atomic E-state index is 12.9. The van der Waals surface area contributed by atoms with Crippen molar-refractivity contribution < 1.29 is 28.5 Å². The number of likely N-dealkylation sites (N-methyl/N-ethyl adjacent to an activating group) is 1. The number of ether oxygens (including phenoxy) is 5. The van der Waals surface area contributed by atoms with E-state index < -0.39 is 12.1 Å². The number of carbonyl (C=O) groups excluding carboxylic acids is 1. The van der Waals surface area contributed by atoms with Crippen molar-refractivity contribution in [3.63, 3.8) is 0 Å². The van der Waals surface area contributed by atoms with Gasteiger partial charge in [-0.25, -0.2) is 4.79 Å². The lowest BCUT2D eigenvalue weighted by molar-refractivity contribution is 0.00923. The number of benzene rings is 2. The lowest BCUT2D eigenvalue weighted by Crippen LogP contribution is -2.37. The predicted octanol–water partition coefficient (Wildman–Crippen LogP) is 2.76. The molecule has 8 heteroatoms. The summed E-state index contributed by atoms with van der Waals surface area (Å²) in [7, 11) is 5.09. The molecule has 2 N–H and O–H groups in total. The third kappa shape index (κ3) is 2.40. The van der Waals surface area contributed by atoms with Crippen LogP contribution in [0.3, 0.4) is 0 Å². The summed E-state index contributed by atoms with van der Waals surface area (Å²) in [6, 6.07) is 3.46. The minimum Gasteiger partial charge on any atom is -0.493 e. The molecule has 0 saturated heterocycles. The molecule has 30 heavy (non-hydrogen) atoms. The molecule has 0 aromatic heterocycles. The Morgan fingerprint density at radius 3 is 2.67 bits per heavy atom. The Labute approximate surface area is 174 Å². The van der Waals surface area contributed by atoms with Crippen molar-refractivity contribution in [1.82, 2.24) is 4.90 Å². The van der Waals surface area contributed by atoms with Crippen molar-refractivity contribution in [3.8, 4) is 23.0 Å². The zero-order valence-corrected chi connectivity index (χ0v) is 17.4. The van der Waals surface area contributed by atoms with E-state index in [9.17, 15) is 4.79 Å². The second-order valence-electron chi connectivity index (χ2n) is 7.76. The lowest BCUT2D eigenvalue weighted by Gasteiger charge is -2.39. The number of nitrogen functional groups attached to an aromatic ring is 1. The Morgan fingerprint density at radius 1 is 1.17 bits per heavy atom. The normalized spacial score (nSPS) is 21.8. The van der Waals surface area contributed by atoms with Gasteiger partial charge >= 0.3 is 5.97 Å². The summed E-state index contributed by atoms with van der Waals surface area (Å²) < 4.78 is 28.1. The molecule has 2 aromatic rings. The third-order valence-corrected chi connectivity index (χ3v) is 6.35. The van der Waals surface area contributed by atoms with Crippen molar-refractivity contribution in [3.05, 3.63) is 39.9 Å². The fraction of sp³-hybridized carbons (Fsp3) is 0.409. The summed E-state index contributed by atoms with van der Waals surface area (Å²) in [4.78, 5) is 15.1. The Hall–Kier alpha value is -3.13. The van der Waals surface area contributed by atoms with E-state index in [1.165, 1.54) is 7.11 Å². The Balaban J connectivity index is 1.70. The molecule has 0 unspecified atom stereocenters. The third-order valence-electron chi connectivity index (χ3n) is 6.35. The van der Waals surface area contributed by atoms with Crippen LogP contribution in [0, 0.1) is 6.92 Å². The number of carbonyl (C=O) groups is 1. The van der Waals surface area contributed by atoms with E-state index in [0.29, 0.717) is 34.2 Å². The molecule has 0 amide bonds. The molecule has 0 spiro atoms. The number of anilines is 1. The molecule has 0 saturated carbocycles. The van der Waals surface area contributed by atoms with Crippen molar-refractivity contribution >= 4 is 11.7 Å². The predicted molar refractivity (Wildman–Crippen MR) is 108 cm³/mol. The van der Waals surface area contributed by atoms with Gasteiger partial charge in [-0.2, -0.15) is 0 Å². The van der Waals surface area contributed by atoms with Crippen LogP contribution in [0.25, 0.3) is 0 Å². The van der Waals surface area contributed by atoms with Crippen LogP contribution in [0.15, 0.2) is 12.1 Å². The smallest absolute Gasteiger partial charge is 0.343 e. The molecule has 2 aromatic carbocycles. The van der Waals surface area contributed by atoms with Crippen LogP contribution >= 0.6 is 0 Å². The van der Waals surface area contributed by atoms with Crippen LogP contribution in [0.4, 0.5) is 5.69 Å². The van der Waals surface area contributed by atoms with E-state index in [4.69, 9.17) is 29.4 Å². The van der Waals surface area contributed by atoms with Gasteiger partial charge in [-0.1, -0.05) is 6.07 Å². The second kappa shape index (κ2) is 6.70. The van der Waals surface area contributed by atoms with Gasteiger partial charge in [0.15, 0.2) is 23.0 Å². The van der Waals surface area contributed by atoms with E-state index >= 15 is 0 Å². The van der Waals surface area contributed by atoms with Crippen molar-refractivity contribution in [1.29, 1.82) is 0 Å². The van der Waals surface area contributed by atoms with Crippen LogP contribution < -0.4 is 24.7 Å². The molecule has 3 heterocycles. The van der Waals surface area contributed by atoms with Gasteiger partial charge in [-0.05, 0) is 37.6 Å². The first-order chi connectivity index (χ1) is 14.5. The van der Waals surface area contributed by atoms with E-state index in [-0.39, 0.29) is 12.8 Å². The molecule has 0 radical (unpaired) electrons. The van der Waals surface area contributed by atoms with Crippen molar-refractivity contribution in [2.75, 3.05) is 40.3 Å². The first-order valence-electron chi connectivity index (χ1n) is 9.84. The number of nitrogens with zero attached hydrogens (tertiary/aromatic N) is 1. The first-order valence-corrected chi connectivity index (χ1v) is 9.84. The zero-order valence-electron chi connectivity index (χ0n) is 17.4. The minimum absolute atomic E-state index is 0.155. The highest BCUT2D eigenvalue weighted by Gasteiger charge is 2.45. The molecule has 0 bridgehead atoms. The number of rotatable bonds is 3. The van der Waals surface area contributed by atoms with Crippen molar-refractivity contribution in [2.45, 2.75) is 25.5 Å². The summed E-state index contributed by atoms with van der Waals surface area (Å²) in [5.41, 5.74) is 11.3. The van der Waals surface area contributed by atoms with Crippen LogP contribution in [-0.4, -0.2) is 45.5 Å². The number of cyclic esters (lactones) is 1. The van der Waals surface area contributed by atoms with E-state index in [1.54, 1.807) is 13.2 Å². The summed E-state index contributed by atoms with van der Waals surface area (Å²) in [6.07, 6.45) is 0.278. The molecule has 158 valence electrons. The summed E-state index contributed by atoms with van der Waals surface area (Å²) >= 11 is 0. The fourth-order valence-electron chi connectivity index (χ4n) is 4.95. The SMILES string of the molecule is COc1ccc2c(c1OC)C(=O)O[C@@H]2[C@H]1c2c(C)c3c(c(N)c2CCN1C)OCO3. The minimum atomic E-state index is -0.505. The number of hydrogen-bond donors (Lipinski definition) is 1. The van der Waals surface area contributed by atoms with Gasteiger partial charge in [0.1, 0.15) is 11.7 Å². The number of nitrogens with two attached hydrogens (primary N) is 1. The number of methoxy groups -OCH3 is 2. The summed E-state index contributed by atoms with van der Waals surface area (Å²) in [6.45, 7) is 2.93. The van der Waals surface area contributed by atoms with E-state index in [0.717, 1.165) is 35.2 Å². The van der Waals surface area contributed by atoms with E-state index in [1.807, 2.05) is 20.0 Å². The van der Waals surface area contributed by atoms with Gasteiger partial charge in [0.05, 0.1) is 25.9 Å². The number of esters is 1. The maximum Gasteiger partial charge on any atom is 0.343 e. The number of fused-ring (bicyclic) bond motifs is 3. The average molecular weight is 412 g/mol.